The lowest BCUT2D eigenvalue weighted by molar-refractivity contribution is -0.132. The summed E-state index contributed by atoms with van der Waals surface area (Å²) in [5.41, 5.74) is 1.76. The van der Waals surface area contributed by atoms with Crippen molar-refractivity contribution in [2.45, 2.75) is 5.92 Å². The molecule has 0 bridgehead atoms. The summed E-state index contributed by atoms with van der Waals surface area (Å²) in [5, 5.41) is 2.16. The van der Waals surface area contributed by atoms with Gasteiger partial charge in [-0.1, -0.05) is 18.2 Å². The summed E-state index contributed by atoms with van der Waals surface area (Å²) >= 11 is 5.16. The van der Waals surface area contributed by atoms with Gasteiger partial charge in [0.05, 0.1) is 5.92 Å². The summed E-state index contributed by atoms with van der Waals surface area (Å²) in [6, 6.07) is 7.42. The van der Waals surface area contributed by atoms with Gasteiger partial charge < -0.3 is 5.32 Å². The fourth-order valence-electron chi connectivity index (χ4n) is 1.65. The number of carbonyl (C=O) groups is 2. The predicted octanol–water partition coefficient (Wildman–Crippen LogP) is 1.53. The van der Waals surface area contributed by atoms with Gasteiger partial charge in [-0.25, -0.2) is 0 Å². The first kappa shape index (κ1) is 9.21. The van der Waals surface area contributed by atoms with Gasteiger partial charge >= 0.3 is 0 Å². The molecule has 1 heterocycles. The highest BCUT2D eigenvalue weighted by Gasteiger charge is 2.31. The maximum absolute atomic E-state index is 11.4. The van der Waals surface area contributed by atoms with Crippen LogP contribution in [0.25, 0.3) is 0 Å². The van der Waals surface area contributed by atoms with Crippen LogP contribution in [-0.2, 0) is 9.59 Å². The standard InChI is InChI=1S/C10H8ClNO2/c11-10(14)9(13)7-5-12-8-4-2-1-3-6(7)8/h1-4,7,12H,5H2. The predicted molar refractivity (Wildman–Crippen MR) is 53.5 cm³/mol. The van der Waals surface area contributed by atoms with Crippen LogP contribution in [0.4, 0.5) is 5.69 Å². The van der Waals surface area contributed by atoms with E-state index in [2.05, 4.69) is 5.32 Å². The fraction of sp³-hybridized carbons (Fsp3) is 0.200. The van der Waals surface area contributed by atoms with Gasteiger partial charge in [-0.15, -0.1) is 0 Å². The Balaban J connectivity index is 2.35. The lowest BCUT2D eigenvalue weighted by Crippen LogP contribution is -2.19. The molecule has 1 unspecified atom stereocenters. The number of fused-ring (bicyclic) bond motifs is 1. The number of anilines is 1. The number of carbonyl (C=O) groups excluding carboxylic acids is 2. The molecule has 0 amide bonds. The number of rotatable bonds is 2. The minimum Gasteiger partial charge on any atom is -0.384 e. The van der Waals surface area contributed by atoms with Crippen molar-refractivity contribution < 1.29 is 9.59 Å². The summed E-state index contributed by atoms with van der Waals surface area (Å²) in [7, 11) is 0. The molecule has 1 aliphatic rings. The third kappa shape index (κ3) is 1.40. The second-order valence-electron chi connectivity index (χ2n) is 3.16. The molecule has 0 spiro atoms. The van der Waals surface area contributed by atoms with Crippen LogP contribution < -0.4 is 5.32 Å². The van der Waals surface area contributed by atoms with Crippen LogP contribution in [0.1, 0.15) is 11.5 Å². The van der Waals surface area contributed by atoms with Gasteiger partial charge in [0.2, 0.25) is 5.78 Å². The molecule has 0 fully saturated rings. The molecule has 0 aromatic heterocycles. The SMILES string of the molecule is O=C(Cl)C(=O)C1CNc2ccccc21. The van der Waals surface area contributed by atoms with E-state index in [0.29, 0.717) is 6.54 Å². The van der Waals surface area contributed by atoms with Crippen molar-refractivity contribution in [3.05, 3.63) is 29.8 Å². The van der Waals surface area contributed by atoms with Gasteiger partial charge in [-0.3, -0.25) is 9.59 Å². The highest BCUT2D eigenvalue weighted by molar-refractivity contribution is 6.81. The number of ketones is 1. The number of benzene rings is 1. The summed E-state index contributed by atoms with van der Waals surface area (Å²) in [6.07, 6.45) is 0. The molecular formula is C10H8ClNO2. The monoisotopic (exact) mass is 209 g/mol. The van der Waals surface area contributed by atoms with Gasteiger partial charge in [0.15, 0.2) is 0 Å². The van der Waals surface area contributed by atoms with Gasteiger partial charge in [0.25, 0.3) is 5.24 Å². The number of nitrogens with one attached hydrogen (secondary N) is 1. The maximum atomic E-state index is 11.4. The van der Waals surface area contributed by atoms with Crippen molar-refractivity contribution in [2.75, 3.05) is 11.9 Å². The van der Waals surface area contributed by atoms with E-state index in [-0.39, 0.29) is 0 Å². The van der Waals surface area contributed by atoms with E-state index in [1.165, 1.54) is 0 Å². The maximum Gasteiger partial charge on any atom is 0.288 e. The minimum absolute atomic E-state index is 0.420. The molecule has 0 saturated carbocycles. The Kier molecular flexibility index (Phi) is 2.25. The van der Waals surface area contributed by atoms with E-state index >= 15 is 0 Å². The van der Waals surface area contributed by atoms with E-state index in [1.54, 1.807) is 0 Å². The second-order valence-corrected chi connectivity index (χ2v) is 3.50. The van der Waals surface area contributed by atoms with Gasteiger partial charge in [-0.2, -0.15) is 0 Å². The average molecular weight is 210 g/mol. The molecule has 1 aliphatic heterocycles. The molecule has 0 saturated heterocycles. The molecule has 2 rings (SSSR count). The molecule has 14 heavy (non-hydrogen) atoms. The van der Waals surface area contributed by atoms with Crippen LogP contribution in [0.15, 0.2) is 24.3 Å². The normalized spacial score (nSPS) is 18.5. The molecule has 0 aliphatic carbocycles. The van der Waals surface area contributed by atoms with Gasteiger partial charge in [-0.05, 0) is 23.2 Å². The summed E-state index contributed by atoms with van der Waals surface area (Å²) in [5.74, 6) is -0.958. The Labute approximate surface area is 86.1 Å². The first-order valence-corrected chi connectivity index (χ1v) is 4.64. The Bertz CT molecular complexity index is 403. The summed E-state index contributed by atoms with van der Waals surface area (Å²) < 4.78 is 0. The van der Waals surface area contributed by atoms with Crippen molar-refractivity contribution >= 4 is 28.3 Å². The number of para-hydroxylation sites is 1. The molecule has 1 atom stereocenters. The Morgan fingerprint density at radius 1 is 1.36 bits per heavy atom. The van der Waals surface area contributed by atoms with Crippen LogP contribution in [0, 0.1) is 0 Å². The van der Waals surface area contributed by atoms with Crippen LogP contribution in [0.2, 0.25) is 0 Å². The highest BCUT2D eigenvalue weighted by atomic mass is 35.5. The van der Waals surface area contributed by atoms with E-state index in [1.807, 2.05) is 24.3 Å². The Morgan fingerprint density at radius 3 is 2.79 bits per heavy atom. The highest BCUT2D eigenvalue weighted by Crippen LogP contribution is 2.31. The molecule has 1 N–H and O–H groups in total. The van der Waals surface area contributed by atoms with Crippen molar-refractivity contribution in [3.8, 4) is 0 Å². The van der Waals surface area contributed by atoms with E-state index in [4.69, 9.17) is 11.6 Å². The molecule has 72 valence electrons. The van der Waals surface area contributed by atoms with Crippen LogP contribution >= 0.6 is 11.6 Å². The molecular weight excluding hydrogens is 202 g/mol. The topological polar surface area (TPSA) is 46.2 Å². The quantitative estimate of drug-likeness (QED) is 0.594. The van der Waals surface area contributed by atoms with Crippen molar-refractivity contribution in [2.24, 2.45) is 0 Å². The zero-order chi connectivity index (χ0) is 10.1. The summed E-state index contributed by atoms with van der Waals surface area (Å²) in [6.45, 7) is 0.455. The van der Waals surface area contributed by atoms with E-state index in [0.717, 1.165) is 11.3 Å². The van der Waals surface area contributed by atoms with Crippen molar-refractivity contribution in [1.82, 2.24) is 0 Å². The third-order valence-electron chi connectivity index (χ3n) is 2.34. The number of hydrogen-bond acceptors (Lipinski definition) is 3. The van der Waals surface area contributed by atoms with E-state index in [9.17, 15) is 9.59 Å². The second kappa shape index (κ2) is 3.42. The Morgan fingerprint density at radius 2 is 2.07 bits per heavy atom. The molecule has 1 aromatic carbocycles. The smallest absolute Gasteiger partial charge is 0.288 e. The molecule has 1 aromatic rings. The van der Waals surface area contributed by atoms with Crippen molar-refractivity contribution in [3.63, 3.8) is 0 Å². The minimum atomic E-state index is -0.895. The van der Waals surface area contributed by atoms with Gasteiger partial charge in [0.1, 0.15) is 0 Å². The fourth-order valence-corrected chi connectivity index (χ4v) is 1.79. The lowest BCUT2D eigenvalue weighted by Gasteiger charge is -2.04. The molecule has 4 heteroatoms. The van der Waals surface area contributed by atoms with E-state index < -0.39 is 16.9 Å². The van der Waals surface area contributed by atoms with Crippen molar-refractivity contribution in [1.29, 1.82) is 0 Å². The molecule has 3 nitrogen and oxygen atoms in total. The molecule has 0 radical (unpaired) electrons. The first-order chi connectivity index (χ1) is 6.70. The number of hydrogen-bond donors (Lipinski definition) is 1. The lowest BCUT2D eigenvalue weighted by atomic mass is 9.97. The summed E-state index contributed by atoms with van der Waals surface area (Å²) in [4.78, 5) is 22.1. The third-order valence-corrected chi connectivity index (χ3v) is 2.53. The van der Waals surface area contributed by atoms with Gasteiger partial charge in [0, 0.05) is 12.2 Å². The number of halogens is 1. The Hall–Kier alpha value is -1.35. The zero-order valence-corrected chi connectivity index (χ0v) is 8.04. The number of Topliss-reactive ketones (excluding diaryl/α,β-unsaturated/α-hetero) is 1. The van der Waals surface area contributed by atoms with Crippen LogP contribution in [0.5, 0.6) is 0 Å². The first-order valence-electron chi connectivity index (χ1n) is 4.26. The van der Waals surface area contributed by atoms with Crippen LogP contribution in [-0.4, -0.2) is 17.6 Å². The largest absolute Gasteiger partial charge is 0.384 e. The average Bonchev–Trinajstić information content (AvgIpc) is 2.60. The van der Waals surface area contributed by atoms with Crippen LogP contribution in [0.3, 0.4) is 0 Å². The zero-order valence-electron chi connectivity index (χ0n) is 7.29.